The largest absolute Gasteiger partial charge is 0.451 e. The van der Waals surface area contributed by atoms with E-state index in [1.54, 1.807) is 13.0 Å². The molecule has 0 fully saturated rings. The summed E-state index contributed by atoms with van der Waals surface area (Å²) in [6, 6.07) is 11.5. The van der Waals surface area contributed by atoms with Gasteiger partial charge < -0.3 is 10.5 Å². The molecule has 2 N–H and O–H groups in total. The molecule has 1 aliphatic carbocycles. The maximum Gasteiger partial charge on any atom is 0.338 e. The third-order valence-corrected chi connectivity index (χ3v) is 4.44. The topological polar surface area (TPSA) is 86.5 Å². The van der Waals surface area contributed by atoms with E-state index in [4.69, 9.17) is 10.5 Å². The number of hydrogen-bond acceptors (Lipinski definition) is 4. The number of fused-ring (bicyclic) bond motifs is 1. The van der Waals surface area contributed by atoms with Crippen molar-refractivity contribution in [1.29, 1.82) is 0 Å². The summed E-state index contributed by atoms with van der Waals surface area (Å²) in [7, 11) is 0. The molecule has 5 heteroatoms. The number of esters is 1. The van der Waals surface area contributed by atoms with Gasteiger partial charge in [0.15, 0.2) is 6.10 Å². The molecule has 5 nitrogen and oxygen atoms in total. The van der Waals surface area contributed by atoms with Crippen LogP contribution in [0.2, 0.25) is 0 Å². The molecule has 0 radical (unpaired) electrons. The molecule has 0 saturated heterocycles. The third-order valence-electron chi connectivity index (χ3n) is 4.44. The summed E-state index contributed by atoms with van der Waals surface area (Å²) in [5.41, 5.74) is 8.78. The van der Waals surface area contributed by atoms with E-state index < -0.39 is 18.0 Å². The van der Waals surface area contributed by atoms with Crippen molar-refractivity contribution in [3.05, 3.63) is 70.3 Å². The molecular weight excluding hydrogens is 318 g/mol. The Bertz CT molecular complexity index is 839. The quantitative estimate of drug-likeness (QED) is 0.671. The number of amides is 1. The van der Waals surface area contributed by atoms with E-state index in [0.29, 0.717) is 11.1 Å². The lowest BCUT2D eigenvalue weighted by atomic mass is 10.0. The first-order valence-corrected chi connectivity index (χ1v) is 8.22. The van der Waals surface area contributed by atoms with E-state index in [0.717, 1.165) is 19.3 Å². The average molecular weight is 337 g/mol. The summed E-state index contributed by atoms with van der Waals surface area (Å²) in [6.45, 7) is 1.56. The third kappa shape index (κ3) is 3.60. The lowest BCUT2D eigenvalue weighted by molar-refractivity contribution is 0.0318. The molecular formula is C20H19NO4. The molecule has 0 bridgehead atoms. The van der Waals surface area contributed by atoms with Gasteiger partial charge in [-0.05, 0) is 67.6 Å². The van der Waals surface area contributed by atoms with Crippen LogP contribution in [-0.4, -0.2) is 23.8 Å². The number of primary amides is 1. The highest BCUT2D eigenvalue weighted by atomic mass is 16.5. The summed E-state index contributed by atoms with van der Waals surface area (Å²) >= 11 is 0. The maximum absolute atomic E-state index is 12.5. The smallest absolute Gasteiger partial charge is 0.338 e. The molecule has 3 rings (SSSR count). The predicted octanol–water partition coefficient (Wildman–Crippen LogP) is 2.70. The van der Waals surface area contributed by atoms with E-state index in [-0.39, 0.29) is 11.3 Å². The Hall–Kier alpha value is -2.95. The van der Waals surface area contributed by atoms with Crippen LogP contribution in [0.5, 0.6) is 0 Å². The Kier molecular flexibility index (Phi) is 4.65. The van der Waals surface area contributed by atoms with Crippen LogP contribution in [0.3, 0.4) is 0 Å². The van der Waals surface area contributed by atoms with Gasteiger partial charge in [0.25, 0.3) is 0 Å². The van der Waals surface area contributed by atoms with Crippen LogP contribution in [0.4, 0.5) is 0 Å². The second-order valence-electron chi connectivity index (χ2n) is 6.19. The average Bonchev–Trinajstić information content (AvgIpc) is 3.08. The molecule has 1 unspecified atom stereocenters. The van der Waals surface area contributed by atoms with E-state index >= 15 is 0 Å². The van der Waals surface area contributed by atoms with Crippen LogP contribution < -0.4 is 5.73 Å². The Balaban J connectivity index is 1.68. The minimum absolute atomic E-state index is 0.225. The van der Waals surface area contributed by atoms with E-state index in [9.17, 15) is 14.4 Å². The number of hydrogen-bond donors (Lipinski definition) is 1. The summed E-state index contributed by atoms with van der Waals surface area (Å²) in [5.74, 6) is -1.41. The Morgan fingerprint density at radius 3 is 2.20 bits per heavy atom. The first-order chi connectivity index (χ1) is 12.0. The highest BCUT2D eigenvalue weighted by Crippen LogP contribution is 2.23. The number of Topliss-reactive ketones (excluding diaryl/α,β-unsaturated/α-hetero) is 1. The van der Waals surface area contributed by atoms with Crippen molar-refractivity contribution in [2.75, 3.05) is 0 Å². The maximum atomic E-state index is 12.5. The van der Waals surface area contributed by atoms with E-state index in [2.05, 4.69) is 0 Å². The zero-order valence-electron chi connectivity index (χ0n) is 14.0. The molecule has 0 heterocycles. The zero-order valence-corrected chi connectivity index (χ0v) is 14.0. The SMILES string of the molecule is CC(OC(=O)c1ccc(C(N)=O)cc1)C(=O)c1ccc2c(c1)CCC2. The molecule has 0 aliphatic heterocycles. The highest BCUT2D eigenvalue weighted by molar-refractivity contribution is 6.02. The normalized spacial score (nSPS) is 13.8. The molecule has 1 amide bonds. The second-order valence-corrected chi connectivity index (χ2v) is 6.19. The van der Waals surface area contributed by atoms with Gasteiger partial charge in [0, 0.05) is 11.1 Å². The molecule has 0 spiro atoms. The lowest BCUT2D eigenvalue weighted by Gasteiger charge is -2.13. The van der Waals surface area contributed by atoms with Crippen LogP contribution in [0.1, 0.15) is 55.5 Å². The number of aryl methyl sites for hydroxylation is 2. The van der Waals surface area contributed by atoms with Gasteiger partial charge in [-0.3, -0.25) is 9.59 Å². The summed E-state index contributed by atoms with van der Waals surface area (Å²) < 4.78 is 5.27. The van der Waals surface area contributed by atoms with Crippen LogP contribution in [0.15, 0.2) is 42.5 Å². The van der Waals surface area contributed by atoms with Gasteiger partial charge in [-0.2, -0.15) is 0 Å². The van der Waals surface area contributed by atoms with Crippen molar-refractivity contribution >= 4 is 17.7 Å². The van der Waals surface area contributed by atoms with E-state index in [1.165, 1.54) is 35.4 Å². The molecule has 128 valence electrons. The minimum atomic E-state index is -0.886. The first-order valence-electron chi connectivity index (χ1n) is 8.22. The monoisotopic (exact) mass is 337 g/mol. The van der Waals surface area contributed by atoms with Crippen molar-refractivity contribution in [2.24, 2.45) is 5.73 Å². The van der Waals surface area contributed by atoms with E-state index in [1.807, 2.05) is 12.1 Å². The first kappa shape index (κ1) is 16.9. The van der Waals surface area contributed by atoms with Crippen molar-refractivity contribution in [2.45, 2.75) is 32.3 Å². The van der Waals surface area contributed by atoms with Crippen LogP contribution in [0, 0.1) is 0 Å². The van der Waals surface area contributed by atoms with Gasteiger partial charge in [0.1, 0.15) is 0 Å². The van der Waals surface area contributed by atoms with Gasteiger partial charge in [0.2, 0.25) is 11.7 Å². The molecule has 0 aromatic heterocycles. The van der Waals surface area contributed by atoms with Gasteiger partial charge in [-0.15, -0.1) is 0 Å². The van der Waals surface area contributed by atoms with Crippen LogP contribution in [-0.2, 0) is 17.6 Å². The minimum Gasteiger partial charge on any atom is -0.451 e. The number of benzene rings is 2. The fourth-order valence-electron chi connectivity index (χ4n) is 3.01. The van der Waals surface area contributed by atoms with Crippen molar-refractivity contribution in [3.63, 3.8) is 0 Å². The predicted molar refractivity (Wildman–Crippen MR) is 92.6 cm³/mol. The van der Waals surface area contributed by atoms with Crippen LogP contribution >= 0.6 is 0 Å². The number of carbonyl (C=O) groups excluding carboxylic acids is 3. The number of nitrogens with two attached hydrogens (primary N) is 1. The molecule has 1 aliphatic rings. The van der Waals surface area contributed by atoms with Gasteiger partial charge in [0.05, 0.1) is 5.56 Å². The summed E-state index contributed by atoms with van der Waals surface area (Å²) in [6.07, 6.45) is 2.26. The number of carbonyl (C=O) groups is 3. The Labute approximate surface area is 145 Å². The standard InChI is InChI=1S/C20H19NO4/c1-12(18(22)17-10-5-13-3-2-4-16(13)11-17)25-20(24)15-8-6-14(7-9-15)19(21)23/h5-12H,2-4H2,1H3,(H2,21,23). The molecule has 1 atom stereocenters. The van der Waals surface area contributed by atoms with Gasteiger partial charge in [-0.1, -0.05) is 12.1 Å². The van der Waals surface area contributed by atoms with Crippen LogP contribution in [0.25, 0.3) is 0 Å². The number of rotatable bonds is 5. The fourth-order valence-corrected chi connectivity index (χ4v) is 3.01. The Morgan fingerprint density at radius 1 is 0.920 bits per heavy atom. The number of ether oxygens (including phenoxy) is 1. The van der Waals surface area contributed by atoms with Crippen molar-refractivity contribution in [1.82, 2.24) is 0 Å². The highest BCUT2D eigenvalue weighted by Gasteiger charge is 2.22. The molecule has 2 aromatic rings. The lowest BCUT2D eigenvalue weighted by Crippen LogP contribution is -2.24. The van der Waals surface area contributed by atoms with Gasteiger partial charge >= 0.3 is 5.97 Å². The molecule has 2 aromatic carbocycles. The fraction of sp³-hybridized carbons (Fsp3) is 0.250. The van der Waals surface area contributed by atoms with Crippen molar-refractivity contribution in [3.8, 4) is 0 Å². The molecule has 0 saturated carbocycles. The van der Waals surface area contributed by atoms with Crippen molar-refractivity contribution < 1.29 is 19.1 Å². The van der Waals surface area contributed by atoms with Gasteiger partial charge in [-0.25, -0.2) is 4.79 Å². The molecule has 25 heavy (non-hydrogen) atoms. The Morgan fingerprint density at radius 2 is 1.52 bits per heavy atom. The summed E-state index contributed by atoms with van der Waals surface area (Å²) in [5, 5.41) is 0. The second kappa shape index (κ2) is 6.89. The number of ketones is 1. The zero-order chi connectivity index (χ0) is 18.0. The summed E-state index contributed by atoms with van der Waals surface area (Å²) in [4.78, 5) is 35.7.